The molecule has 5 rings (SSSR count). The fourth-order valence-electron chi connectivity index (χ4n) is 5.04. The van der Waals surface area contributed by atoms with E-state index >= 15 is 0 Å². The number of carbonyl (C=O) groups excluding carboxylic acids is 2. The Morgan fingerprint density at radius 1 is 1.11 bits per heavy atom. The van der Waals surface area contributed by atoms with Crippen molar-refractivity contribution in [1.29, 1.82) is 0 Å². The molecule has 0 bridgehead atoms. The van der Waals surface area contributed by atoms with E-state index in [1.807, 2.05) is 17.5 Å². The predicted octanol–water partition coefficient (Wildman–Crippen LogP) is 8.26. The molecule has 38 heavy (non-hydrogen) atoms. The minimum atomic E-state index is -0.634. The average Bonchev–Trinajstić information content (AvgIpc) is 3.52. The minimum Gasteiger partial charge on any atom is -0.465 e. The summed E-state index contributed by atoms with van der Waals surface area (Å²) in [5.41, 5.74) is 3.04. The van der Waals surface area contributed by atoms with Crippen molar-refractivity contribution in [3.63, 3.8) is 0 Å². The number of nitrogens with zero attached hydrogens (tertiary/aromatic N) is 1. The van der Waals surface area contributed by atoms with Crippen molar-refractivity contribution >= 4 is 39.8 Å². The van der Waals surface area contributed by atoms with Crippen LogP contribution in [0.2, 0.25) is 5.02 Å². The summed E-state index contributed by atoms with van der Waals surface area (Å²) in [6.45, 7) is 1.55. The highest BCUT2D eigenvalue weighted by Crippen LogP contribution is 2.39. The minimum absolute atomic E-state index is 0.0159. The Morgan fingerprint density at radius 2 is 1.84 bits per heavy atom. The zero-order valence-electron chi connectivity index (χ0n) is 21.0. The zero-order chi connectivity index (χ0) is 26.8. The number of amides is 1. The highest BCUT2D eigenvalue weighted by Gasteiger charge is 2.28. The van der Waals surface area contributed by atoms with Gasteiger partial charge in [-0.05, 0) is 48.9 Å². The largest absolute Gasteiger partial charge is 0.465 e. The molecule has 6 nitrogen and oxygen atoms in total. The van der Waals surface area contributed by atoms with E-state index < -0.39 is 17.7 Å². The van der Waals surface area contributed by atoms with Gasteiger partial charge in [-0.2, -0.15) is 0 Å². The van der Waals surface area contributed by atoms with Gasteiger partial charge in [-0.25, -0.2) is 9.18 Å². The van der Waals surface area contributed by atoms with Crippen molar-refractivity contribution in [1.82, 2.24) is 5.16 Å². The van der Waals surface area contributed by atoms with Crippen LogP contribution in [0.1, 0.15) is 70.1 Å². The number of hydrogen-bond acceptors (Lipinski definition) is 6. The van der Waals surface area contributed by atoms with Gasteiger partial charge in [0.25, 0.3) is 5.91 Å². The molecule has 0 aliphatic heterocycles. The number of rotatable bonds is 6. The number of anilines is 1. The van der Waals surface area contributed by atoms with Gasteiger partial charge in [-0.15, -0.1) is 11.3 Å². The Bertz CT molecular complexity index is 1470. The SMILES string of the molecule is COC(=O)c1c(-c2ccc(C3CCCCC3)cc2)csc1NC(=O)c1c(-c2c(F)cccc2Cl)noc1C. The topological polar surface area (TPSA) is 81.4 Å². The molecule has 4 aromatic rings. The first-order valence-electron chi connectivity index (χ1n) is 12.4. The summed E-state index contributed by atoms with van der Waals surface area (Å²) in [5.74, 6) is -1.06. The molecule has 0 saturated heterocycles. The van der Waals surface area contributed by atoms with Crippen molar-refractivity contribution < 1.29 is 23.2 Å². The van der Waals surface area contributed by atoms with Crippen LogP contribution in [-0.2, 0) is 4.74 Å². The van der Waals surface area contributed by atoms with Crippen LogP contribution in [0.3, 0.4) is 0 Å². The first-order valence-corrected chi connectivity index (χ1v) is 13.7. The second-order valence-electron chi connectivity index (χ2n) is 9.32. The van der Waals surface area contributed by atoms with Gasteiger partial charge in [-0.3, -0.25) is 4.79 Å². The summed E-state index contributed by atoms with van der Waals surface area (Å²) in [7, 11) is 1.30. The molecule has 0 unspecified atom stereocenters. The Hall–Kier alpha value is -3.49. The second kappa shape index (κ2) is 11.1. The summed E-state index contributed by atoms with van der Waals surface area (Å²) in [6, 6.07) is 12.4. The van der Waals surface area contributed by atoms with Crippen molar-refractivity contribution in [3.05, 3.63) is 81.1 Å². The van der Waals surface area contributed by atoms with E-state index in [2.05, 4.69) is 22.6 Å². The van der Waals surface area contributed by atoms with Crippen LogP contribution < -0.4 is 5.32 Å². The standard InChI is InChI=1S/C29H26ClFN2O4S/c1-16-23(26(33-37-16)25-21(30)9-6-10-22(25)31)27(34)32-28-24(29(35)36-2)20(15-38-28)19-13-11-18(12-14-19)17-7-4-3-5-8-17/h6,9-15,17H,3-5,7-8H2,1-2H3,(H,32,34). The van der Waals surface area contributed by atoms with E-state index in [0.717, 1.165) is 5.56 Å². The third-order valence-corrected chi connectivity index (χ3v) is 8.21. The van der Waals surface area contributed by atoms with Crippen molar-refractivity contribution in [2.75, 3.05) is 12.4 Å². The number of esters is 1. The summed E-state index contributed by atoms with van der Waals surface area (Å²) in [4.78, 5) is 26.3. The summed E-state index contributed by atoms with van der Waals surface area (Å²) >= 11 is 7.42. The Kier molecular flexibility index (Phi) is 7.63. The van der Waals surface area contributed by atoms with E-state index in [4.69, 9.17) is 20.9 Å². The molecule has 2 aromatic heterocycles. The van der Waals surface area contributed by atoms with Gasteiger partial charge in [0.05, 0.1) is 17.7 Å². The van der Waals surface area contributed by atoms with Crippen molar-refractivity contribution in [2.24, 2.45) is 0 Å². The summed E-state index contributed by atoms with van der Waals surface area (Å²) in [6.07, 6.45) is 6.20. The number of aryl methyl sites for hydroxylation is 1. The van der Waals surface area contributed by atoms with Crippen LogP contribution in [0.15, 0.2) is 52.4 Å². The van der Waals surface area contributed by atoms with Gasteiger partial charge in [0.1, 0.15) is 33.4 Å². The molecule has 0 spiro atoms. The predicted molar refractivity (Wildman–Crippen MR) is 147 cm³/mol. The van der Waals surface area contributed by atoms with Crippen molar-refractivity contribution in [2.45, 2.75) is 44.9 Å². The van der Waals surface area contributed by atoms with Gasteiger partial charge in [0.15, 0.2) is 0 Å². The number of thiophene rings is 1. The van der Waals surface area contributed by atoms with Gasteiger partial charge in [0, 0.05) is 10.9 Å². The number of benzene rings is 2. The molecule has 1 saturated carbocycles. The normalized spacial score (nSPS) is 13.9. The lowest BCUT2D eigenvalue weighted by Crippen LogP contribution is -2.15. The highest BCUT2D eigenvalue weighted by molar-refractivity contribution is 7.15. The Labute approximate surface area is 228 Å². The third-order valence-electron chi connectivity index (χ3n) is 7.00. The molecule has 1 aliphatic rings. The maximum atomic E-state index is 14.6. The summed E-state index contributed by atoms with van der Waals surface area (Å²) < 4.78 is 24.9. The van der Waals surface area contributed by atoms with Crippen LogP contribution in [0.5, 0.6) is 0 Å². The van der Waals surface area contributed by atoms with Crippen LogP contribution in [0.25, 0.3) is 22.4 Å². The molecule has 0 atom stereocenters. The fraction of sp³-hybridized carbons (Fsp3) is 0.276. The number of carbonyl (C=O) groups is 2. The fourth-order valence-corrected chi connectivity index (χ4v) is 6.24. The molecule has 1 aliphatic carbocycles. The maximum Gasteiger partial charge on any atom is 0.341 e. The number of hydrogen-bond donors (Lipinski definition) is 1. The lowest BCUT2D eigenvalue weighted by molar-refractivity contribution is 0.0603. The molecule has 1 amide bonds. The molecule has 1 N–H and O–H groups in total. The van der Waals surface area contributed by atoms with E-state index in [-0.39, 0.29) is 33.2 Å². The molecule has 2 aromatic carbocycles. The molecule has 0 radical (unpaired) electrons. The average molecular weight is 553 g/mol. The molecule has 9 heteroatoms. The molecule has 196 valence electrons. The second-order valence-corrected chi connectivity index (χ2v) is 10.6. The van der Waals surface area contributed by atoms with Crippen LogP contribution >= 0.6 is 22.9 Å². The number of halogens is 2. The molecule has 1 fully saturated rings. The van der Waals surface area contributed by atoms with Gasteiger partial charge in [-0.1, -0.05) is 66.4 Å². The number of methoxy groups -OCH3 is 1. The first-order chi connectivity index (χ1) is 18.4. The van der Waals surface area contributed by atoms with Crippen LogP contribution in [0.4, 0.5) is 9.39 Å². The van der Waals surface area contributed by atoms with Crippen LogP contribution in [-0.4, -0.2) is 24.1 Å². The zero-order valence-corrected chi connectivity index (χ0v) is 22.5. The smallest absolute Gasteiger partial charge is 0.341 e. The summed E-state index contributed by atoms with van der Waals surface area (Å²) in [5, 5.41) is 8.89. The maximum absolute atomic E-state index is 14.6. The third kappa shape index (κ3) is 4.98. The van der Waals surface area contributed by atoms with E-state index in [1.165, 1.54) is 74.3 Å². The lowest BCUT2D eigenvalue weighted by atomic mass is 9.83. The monoisotopic (exact) mass is 552 g/mol. The van der Waals surface area contributed by atoms with E-state index in [0.29, 0.717) is 16.5 Å². The quantitative estimate of drug-likeness (QED) is 0.243. The number of nitrogens with one attached hydrogen (secondary N) is 1. The van der Waals surface area contributed by atoms with Gasteiger partial charge >= 0.3 is 5.97 Å². The number of aromatic nitrogens is 1. The van der Waals surface area contributed by atoms with E-state index in [9.17, 15) is 14.0 Å². The first kappa shape index (κ1) is 26.1. The van der Waals surface area contributed by atoms with Gasteiger partial charge < -0.3 is 14.6 Å². The van der Waals surface area contributed by atoms with Crippen molar-refractivity contribution in [3.8, 4) is 22.4 Å². The van der Waals surface area contributed by atoms with Crippen LogP contribution in [0, 0.1) is 12.7 Å². The Morgan fingerprint density at radius 3 is 2.53 bits per heavy atom. The number of ether oxygens (including phenoxy) is 1. The highest BCUT2D eigenvalue weighted by atomic mass is 35.5. The Balaban J connectivity index is 1.47. The lowest BCUT2D eigenvalue weighted by Gasteiger charge is -2.22. The van der Waals surface area contributed by atoms with E-state index in [1.54, 1.807) is 6.92 Å². The molecular formula is C29H26ClFN2O4S. The van der Waals surface area contributed by atoms with Gasteiger partial charge in [0.2, 0.25) is 0 Å². The molecular weight excluding hydrogens is 527 g/mol. The molecule has 2 heterocycles.